The number of carbonyl (C=O) groups excluding carboxylic acids is 1. The predicted octanol–water partition coefficient (Wildman–Crippen LogP) is 0.255. The summed E-state index contributed by atoms with van der Waals surface area (Å²) in [7, 11) is 1.42. The maximum atomic E-state index is 10.7. The van der Waals surface area contributed by atoms with Gasteiger partial charge in [-0.25, -0.2) is 0 Å². The van der Waals surface area contributed by atoms with Gasteiger partial charge in [-0.3, -0.25) is 4.79 Å². The molecule has 0 saturated carbocycles. The van der Waals surface area contributed by atoms with Crippen molar-refractivity contribution in [3.63, 3.8) is 0 Å². The Balaban J connectivity index is 3.62. The van der Waals surface area contributed by atoms with Crippen LogP contribution in [0.5, 0.6) is 0 Å². The summed E-state index contributed by atoms with van der Waals surface area (Å²) < 4.78 is 9.84. The molecule has 0 spiro atoms. The van der Waals surface area contributed by atoms with E-state index < -0.39 is 9.28 Å². The highest BCUT2D eigenvalue weighted by atomic mass is 28.3. The highest BCUT2D eigenvalue weighted by Gasteiger charge is 2.12. The van der Waals surface area contributed by atoms with E-state index in [-0.39, 0.29) is 5.78 Å². The van der Waals surface area contributed by atoms with Gasteiger partial charge < -0.3 is 8.85 Å². The lowest BCUT2D eigenvalue weighted by Crippen LogP contribution is -2.21. The second kappa shape index (κ2) is 5.34. The molecular weight excluding hydrogens is 148 g/mol. The molecule has 0 bridgehead atoms. The molecule has 0 atom stereocenters. The molecule has 3 nitrogen and oxygen atoms in total. The van der Waals surface area contributed by atoms with Crippen molar-refractivity contribution in [1.29, 1.82) is 0 Å². The summed E-state index contributed by atoms with van der Waals surface area (Å²) in [5, 5.41) is 0. The van der Waals surface area contributed by atoms with Gasteiger partial charge in [0.1, 0.15) is 0 Å². The van der Waals surface area contributed by atoms with Crippen LogP contribution in [0, 0.1) is 0 Å². The van der Waals surface area contributed by atoms with Crippen molar-refractivity contribution in [3.05, 3.63) is 12.7 Å². The van der Waals surface area contributed by atoms with Crippen LogP contribution in [-0.2, 0) is 13.6 Å². The fourth-order valence-corrected chi connectivity index (χ4v) is 1.53. The minimum absolute atomic E-state index is 0.0135. The van der Waals surface area contributed by atoms with Crippen LogP contribution in [0.2, 0.25) is 6.04 Å². The van der Waals surface area contributed by atoms with E-state index in [0.717, 1.165) is 0 Å². The van der Waals surface area contributed by atoms with Gasteiger partial charge in [0.2, 0.25) is 0 Å². The average Bonchev–Trinajstić information content (AvgIpc) is 1.99. The largest absolute Gasteiger partial charge is 0.400 e. The van der Waals surface area contributed by atoms with Gasteiger partial charge in [0.05, 0.1) is 6.04 Å². The van der Waals surface area contributed by atoms with E-state index in [9.17, 15) is 4.79 Å². The summed E-state index contributed by atoms with van der Waals surface area (Å²) in [4.78, 5) is 10.7. The Morgan fingerprint density at radius 3 is 2.40 bits per heavy atom. The fraction of sp³-hybridized carbons (Fsp3) is 0.500. The number of carbonyl (C=O) groups is 1. The molecule has 0 heterocycles. The van der Waals surface area contributed by atoms with Crippen molar-refractivity contribution >= 4 is 15.1 Å². The average molecular weight is 160 g/mol. The quantitative estimate of drug-likeness (QED) is 0.427. The van der Waals surface area contributed by atoms with E-state index in [1.807, 2.05) is 0 Å². The molecule has 0 unspecified atom stereocenters. The minimum atomic E-state index is -1.69. The molecule has 0 aromatic heterocycles. The van der Waals surface area contributed by atoms with E-state index in [2.05, 4.69) is 6.58 Å². The maximum absolute atomic E-state index is 10.7. The molecule has 0 aliphatic carbocycles. The van der Waals surface area contributed by atoms with Crippen molar-refractivity contribution < 1.29 is 13.6 Å². The molecule has 4 heteroatoms. The Labute approximate surface area is 62.5 Å². The second-order valence-corrected chi connectivity index (χ2v) is 3.99. The third-order valence-corrected chi connectivity index (χ3v) is 2.91. The SMILES string of the molecule is C=CC(=O)C[SiH](OC)OC. The Morgan fingerprint density at radius 1 is 1.60 bits per heavy atom. The molecule has 0 aromatic rings. The molecule has 0 N–H and O–H groups in total. The first-order valence-electron chi connectivity index (χ1n) is 2.95. The van der Waals surface area contributed by atoms with Crippen LogP contribution in [0.4, 0.5) is 0 Å². The van der Waals surface area contributed by atoms with Gasteiger partial charge in [-0.2, -0.15) is 0 Å². The fourth-order valence-electron chi connectivity index (χ4n) is 0.510. The molecule has 0 rings (SSSR count). The molecule has 0 radical (unpaired) electrons. The van der Waals surface area contributed by atoms with Gasteiger partial charge in [0, 0.05) is 14.2 Å². The molecule has 58 valence electrons. The number of rotatable bonds is 5. The van der Waals surface area contributed by atoms with Gasteiger partial charge in [-0.05, 0) is 6.08 Å². The van der Waals surface area contributed by atoms with Gasteiger partial charge in [-0.1, -0.05) is 6.58 Å². The van der Waals surface area contributed by atoms with Crippen molar-refractivity contribution in [3.8, 4) is 0 Å². The first kappa shape index (κ1) is 9.55. The van der Waals surface area contributed by atoms with Crippen LogP contribution in [-0.4, -0.2) is 29.3 Å². The maximum Gasteiger partial charge on any atom is 0.328 e. The minimum Gasteiger partial charge on any atom is -0.400 e. The van der Waals surface area contributed by atoms with Crippen molar-refractivity contribution in [2.45, 2.75) is 6.04 Å². The Hall–Kier alpha value is -0.453. The van der Waals surface area contributed by atoms with E-state index in [1.165, 1.54) is 6.08 Å². The van der Waals surface area contributed by atoms with Crippen LogP contribution in [0.3, 0.4) is 0 Å². The first-order chi connectivity index (χ1) is 4.74. The Morgan fingerprint density at radius 2 is 2.10 bits per heavy atom. The van der Waals surface area contributed by atoms with Gasteiger partial charge in [0.25, 0.3) is 0 Å². The van der Waals surface area contributed by atoms with E-state index in [0.29, 0.717) is 6.04 Å². The van der Waals surface area contributed by atoms with Crippen molar-refractivity contribution in [2.24, 2.45) is 0 Å². The smallest absolute Gasteiger partial charge is 0.328 e. The lowest BCUT2D eigenvalue weighted by Gasteiger charge is -2.07. The summed E-state index contributed by atoms with van der Waals surface area (Å²) in [5.74, 6) is -0.0135. The van der Waals surface area contributed by atoms with Crippen LogP contribution in [0.15, 0.2) is 12.7 Å². The number of hydrogen-bond donors (Lipinski definition) is 0. The second-order valence-electron chi connectivity index (χ2n) is 1.78. The third kappa shape index (κ3) is 3.55. The summed E-state index contributed by atoms with van der Waals surface area (Å²) in [6, 6.07) is 0.372. The summed E-state index contributed by atoms with van der Waals surface area (Å²) in [5.41, 5.74) is 0. The monoisotopic (exact) mass is 160 g/mol. The Bertz CT molecular complexity index is 120. The van der Waals surface area contributed by atoms with Crippen molar-refractivity contribution in [1.82, 2.24) is 0 Å². The van der Waals surface area contributed by atoms with Crippen molar-refractivity contribution in [2.75, 3.05) is 14.2 Å². The Kier molecular flexibility index (Phi) is 5.10. The molecule has 0 fully saturated rings. The normalized spacial score (nSPS) is 9.90. The summed E-state index contributed by atoms with van der Waals surface area (Å²) >= 11 is 0. The lowest BCUT2D eigenvalue weighted by atomic mass is 10.5. The zero-order chi connectivity index (χ0) is 7.98. The molecule has 0 aromatic carbocycles. The molecule has 0 aliphatic rings. The molecular formula is C6H12O3Si. The van der Waals surface area contributed by atoms with E-state index in [4.69, 9.17) is 8.85 Å². The standard InChI is InChI=1S/C6H12O3Si/c1-4-6(7)5-10(8-2)9-3/h4,10H,1,5H2,2-3H3. The van der Waals surface area contributed by atoms with Gasteiger partial charge in [0.15, 0.2) is 5.78 Å². The van der Waals surface area contributed by atoms with Gasteiger partial charge in [-0.15, -0.1) is 0 Å². The van der Waals surface area contributed by atoms with E-state index in [1.54, 1.807) is 14.2 Å². The van der Waals surface area contributed by atoms with Crippen LogP contribution < -0.4 is 0 Å². The molecule has 0 saturated heterocycles. The molecule has 0 amide bonds. The van der Waals surface area contributed by atoms with Gasteiger partial charge >= 0.3 is 9.28 Å². The molecule has 10 heavy (non-hydrogen) atoms. The number of allylic oxidation sites excluding steroid dienone is 1. The summed E-state index contributed by atoms with van der Waals surface area (Å²) in [6.07, 6.45) is 1.29. The topological polar surface area (TPSA) is 35.5 Å². The predicted molar refractivity (Wildman–Crippen MR) is 41.2 cm³/mol. The van der Waals surface area contributed by atoms with Crippen LogP contribution >= 0.6 is 0 Å². The number of ketones is 1. The highest BCUT2D eigenvalue weighted by molar-refractivity contribution is 6.50. The zero-order valence-corrected chi connectivity index (χ0v) is 7.45. The zero-order valence-electron chi connectivity index (χ0n) is 6.29. The number of hydrogen-bond acceptors (Lipinski definition) is 3. The highest BCUT2D eigenvalue weighted by Crippen LogP contribution is 1.95. The van der Waals surface area contributed by atoms with E-state index >= 15 is 0 Å². The van der Waals surface area contributed by atoms with Crippen LogP contribution in [0.1, 0.15) is 0 Å². The third-order valence-electron chi connectivity index (χ3n) is 1.12. The molecule has 0 aliphatic heterocycles. The first-order valence-corrected chi connectivity index (χ1v) is 4.71. The summed E-state index contributed by atoms with van der Waals surface area (Å²) in [6.45, 7) is 3.34. The van der Waals surface area contributed by atoms with Crippen LogP contribution in [0.25, 0.3) is 0 Å². The lowest BCUT2D eigenvalue weighted by molar-refractivity contribution is -0.112.